The summed E-state index contributed by atoms with van der Waals surface area (Å²) in [5.41, 5.74) is 2.89. The largest absolute Gasteiger partial charge is 0.489 e. The first-order valence-corrected chi connectivity index (χ1v) is 11.4. The van der Waals surface area contributed by atoms with Crippen LogP contribution in [0.1, 0.15) is 51.8 Å². The Morgan fingerprint density at radius 1 is 1.19 bits per heavy atom. The molecule has 2 aromatic heterocycles. The van der Waals surface area contributed by atoms with Crippen molar-refractivity contribution >= 4 is 11.6 Å². The van der Waals surface area contributed by atoms with Crippen molar-refractivity contribution in [3.05, 3.63) is 29.6 Å². The number of carbonyl (C=O) groups excluding carboxylic acids is 1. The smallest absolute Gasteiger partial charge is 0.180 e. The molecule has 0 bridgehead atoms. The second kappa shape index (κ2) is 9.94. The highest BCUT2D eigenvalue weighted by Gasteiger charge is 2.24. The Hall–Kier alpha value is -2.54. The minimum Gasteiger partial charge on any atom is -0.489 e. The molecule has 0 saturated heterocycles. The highest BCUT2D eigenvalue weighted by molar-refractivity contribution is 5.84. The molecule has 7 nitrogen and oxygen atoms in total. The van der Waals surface area contributed by atoms with E-state index in [4.69, 9.17) is 14.7 Å². The molecule has 0 spiro atoms. The van der Waals surface area contributed by atoms with Crippen molar-refractivity contribution in [1.29, 1.82) is 0 Å². The quantitative estimate of drug-likeness (QED) is 0.588. The molecule has 7 heteroatoms. The van der Waals surface area contributed by atoms with Crippen LogP contribution < -0.4 is 9.64 Å². The standard InChI is InChI=1S/C25H37N5O2/c1-17(15-29(5)6)32-19-11-12-26-22(13-19)23-27-21-10-8-9-20(21)24(28-23)30(7)16-18(31)14-25(2,3)4/h11-13,17H,8-10,14-16H2,1-7H3/t17-/m1/s1. The third-order valence-corrected chi connectivity index (χ3v) is 5.33. The molecule has 2 heterocycles. The molecular formula is C25H37N5O2. The van der Waals surface area contributed by atoms with Gasteiger partial charge in [0.05, 0.1) is 6.54 Å². The topological polar surface area (TPSA) is 71.5 Å². The van der Waals surface area contributed by atoms with E-state index in [0.29, 0.717) is 24.5 Å². The molecule has 3 rings (SSSR count). The molecule has 0 aliphatic heterocycles. The number of nitrogens with zero attached hydrogens (tertiary/aromatic N) is 5. The Morgan fingerprint density at radius 2 is 1.94 bits per heavy atom. The summed E-state index contributed by atoms with van der Waals surface area (Å²) in [5.74, 6) is 2.40. The minimum absolute atomic E-state index is 0.0230. The molecule has 1 aliphatic carbocycles. The number of fused-ring (bicyclic) bond motifs is 1. The van der Waals surface area contributed by atoms with Gasteiger partial charge in [0.2, 0.25) is 0 Å². The Balaban J connectivity index is 1.86. The van der Waals surface area contributed by atoms with Gasteiger partial charge in [-0.1, -0.05) is 20.8 Å². The van der Waals surface area contributed by atoms with Gasteiger partial charge in [-0.15, -0.1) is 0 Å². The summed E-state index contributed by atoms with van der Waals surface area (Å²) in [4.78, 5) is 30.9. The van der Waals surface area contributed by atoms with Crippen LogP contribution in [0, 0.1) is 5.41 Å². The van der Waals surface area contributed by atoms with E-state index in [1.54, 1.807) is 6.20 Å². The molecule has 2 aromatic rings. The molecule has 1 aliphatic rings. The average molecular weight is 440 g/mol. The zero-order valence-electron chi connectivity index (χ0n) is 20.6. The molecule has 0 N–H and O–H groups in total. The fraction of sp³-hybridized carbons (Fsp3) is 0.600. The maximum atomic E-state index is 12.6. The molecular weight excluding hydrogens is 402 g/mol. The maximum Gasteiger partial charge on any atom is 0.180 e. The van der Waals surface area contributed by atoms with E-state index in [1.165, 1.54) is 0 Å². The second-order valence-corrected chi connectivity index (χ2v) is 10.3. The van der Waals surface area contributed by atoms with E-state index >= 15 is 0 Å². The number of anilines is 1. The van der Waals surface area contributed by atoms with E-state index < -0.39 is 0 Å². The average Bonchev–Trinajstić information content (AvgIpc) is 3.13. The number of aryl methyl sites for hydroxylation is 1. The number of Topliss-reactive ketones (excluding diaryl/α,β-unsaturated/α-hetero) is 1. The Bertz CT molecular complexity index is 952. The predicted molar refractivity (Wildman–Crippen MR) is 128 cm³/mol. The van der Waals surface area contributed by atoms with Crippen LogP contribution in [0.15, 0.2) is 18.3 Å². The molecule has 0 aromatic carbocycles. The fourth-order valence-electron chi connectivity index (χ4n) is 4.22. The van der Waals surface area contributed by atoms with Crippen molar-refractivity contribution in [2.45, 2.75) is 59.5 Å². The maximum absolute atomic E-state index is 12.6. The van der Waals surface area contributed by atoms with Crippen molar-refractivity contribution in [3.8, 4) is 17.3 Å². The highest BCUT2D eigenvalue weighted by atomic mass is 16.5. The Kier molecular flexibility index (Phi) is 7.49. The summed E-state index contributed by atoms with van der Waals surface area (Å²) in [6.45, 7) is 9.49. The number of ether oxygens (including phenoxy) is 1. The fourth-order valence-corrected chi connectivity index (χ4v) is 4.22. The van der Waals surface area contributed by atoms with E-state index in [-0.39, 0.29) is 17.3 Å². The van der Waals surface area contributed by atoms with Crippen LogP contribution in [0.3, 0.4) is 0 Å². The summed E-state index contributed by atoms with van der Waals surface area (Å²) in [6, 6.07) is 3.76. The van der Waals surface area contributed by atoms with Gasteiger partial charge in [0.25, 0.3) is 0 Å². The van der Waals surface area contributed by atoms with Crippen LogP contribution in [0.5, 0.6) is 5.75 Å². The first kappa shape index (κ1) is 24.1. The molecule has 0 fully saturated rings. The first-order chi connectivity index (χ1) is 15.0. The van der Waals surface area contributed by atoms with Gasteiger partial charge in [0.15, 0.2) is 11.6 Å². The van der Waals surface area contributed by atoms with E-state index in [1.807, 2.05) is 45.1 Å². The lowest BCUT2D eigenvalue weighted by Gasteiger charge is -2.23. The van der Waals surface area contributed by atoms with Gasteiger partial charge in [-0.3, -0.25) is 9.78 Å². The number of likely N-dealkylation sites (N-methyl/N-ethyl adjacent to an activating group) is 2. The Labute approximate surface area is 192 Å². The van der Waals surface area contributed by atoms with Gasteiger partial charge in [0.1, 0.15) is 23.4 Å². The van der Waals surface area contributed by atoms with Gasteiger partial charge in [-0.2, -0.15) is 0 Å². The number of aromatic nitrogens is 3. The Morgan fingerprint density at radius 3 is 2.62 bits per heavy atom. The molecule has 0 saturated carbocycles. The monoisotopic (exact) mass is 439 g/mol. The van der Waals surface area contributed by atoms with Crippen LogP contribution in [0.25, 0.3) is 11.5 Å². The summed E-state index contributed by atoms with van der Waals surface area (Å²) in [5, 5.41) is 0. The van der Waals surface area contributed by atoms with Crippen LogP contribution in [-0.2, 0) is 17.6 Å². The third-order valence-electron chi connectivity index (χ3n) is 5.33. The number of carbonyl (C=O) groups is 1. The highest BCUT2D eigenvalue weighted by Crippen LogP contribution is 2.31. The molecule has 0 unspecified atom stereocenters. The zero-order valence-corrected chi connectivity index (χ0v) is 20.6. The lowest BCUT2D eigenvalue weighted by atomic mass is 9.90. The van der Waals surface area contributed by atoms with Crippen molar-refractivity contribution in [2.24, 2.45) is 5.41 Å². The normalized spacial score (nSPS) is 14.4. The predicted octanol–water partition coefficient (Wildman–Crippen LogP) is 3.80. The van der Waals surface area contributed by atoms with Gasteiger partial charge >= 0.3 is 0 Å². The van der Waals surface area contributed by atoms with E-state index in [0.717, 1.165) is 48.6 Å². The summed E-state index contributed by atoms with van der Waals surface area (Å²) >= 11 is 0. The van der Waals surface area contributed by atoms with Gasteiger partial charge in [0, 0.05) is 43.5 Å². The van der Waals surface area contributed by atoms with Crippen molar-refractivity contribution in [1.82, 2.24) is 19.9 Å². The molecule has 32 heavy (non-hydrogen) atoms. The number of ketones is 1. The second-order valence-electron chi connectivity index (χ2n) is 10.3. The van der Waals surface area contributed by atoms with Gasteiger partial charge in [-0.05, 0) is 51.8 Å². The first-order valence-electron chi connectivity index (χ1n) is 11.4. The van der Waals surface area contributed by atoms with E-state index in [2.05, 4.69) is 30.7 Å². The lowest BCUT2D eigenvalue weighted by Crippen LogP contribution is -2.30. The lowest BCUT2D eigenvalue weighted by molar-refractivity contribution is -0.119. The third kappa shape index (κ3) is 6.48. The number of pyridine rings is 1. The van der Waals surface area contributed by atoms with Crippen LogP contribution in [0.2, 0.25) is 0 Å². The van der Waals surface area contributed by atoms with E-state index in [9.17, 15) is 4.79 Å². The van der Waals surface area contributed by atoms with Crippen molar-refractivity contribution in [2.75, 3.05) is 39.1 Å². The summed E-state index contributed by atoms with van der Waals surface area (Å²) < 4.78 is 6.06. The van der Waals surface area contributed by atoms with Crippen molar-refractivity contribution in [3.63, 3.8) is 0 Å². The SMILES string of the molecule is C[C@H](CN(C)C)Oc1ccnc(-c2nc3c(c(N(C)CC(=O)CC(C)(C)C)n2)CCC3)c1. The van der Waals surface area contributed by atoms with Gasteiger partial charge < -0.3 is 14.5 Å². The number of hydrogen-bond donors (Lipinski definition) is 0. The molecule has 174 valence electrons. The van der Waals surface area contributed by atoms with Crippen LogP contribution in [-0.4, -0.2) is 66.0 Å². The summed E-state index contributed by atoms with van der Waals surface area (Å²) in [7, 11) is 6.00. The molecule has 1 atom stereocenters. The van der Waals surface area contributed by atoms with Crippen molar-refractivity contribution < 1.29 is 9.53 Å². The molecule has 0 amide bonds. The van der Waals surface area contributed by atoms with Crippen LogP contribution in [0.4, 0.5) is 5.82 Å². The zero-order chi connectivity index (χ0) is 23.5. The number of rotatable bonds is 9. The number of hydrogen-bond acceptors (Lipinski definition) is 7. The minimum atomic E-state index is -0.0230. The van der Waals surface area contributed by atoms with Gasteiger partial charge in [-0.25, -0.2) is 9.97 Å². The molecule has 0 radical (unpaired) electrons. The summed E-state index contributed by atoms with van der Waals surface area (Å²) in [6.07, 6.45) is 5.27. The van der Waals surface area contributed by atoms with Crippen LogP contribution >= 0.6 is 0 Å².